The van der Waals surface area contributed by atoms with E-state index in [4.69, 9.17) is 5.84 Å². The molecule has 2 aromatic rings. The van der Waals surface area contributed by atoms with Crippen molar-refractivity contribution < 1.29 is 0 Å². The van der Waals surface area contributed by atoms with Gasteiger partial charge in [-0.3, -0.25) is 4.90 Å². The molecule has 19 heavy (non-hydrogen) atoms. The second-order valence-corrected chi connectivity index (χ2v) is 6.79. The summed E-state index contributed by atoms with van der Waals surface area (Å²) in [7, 11) is 0. The molecule has 0 radical (unpaired) electrons. The average Bonchev–Trinajstić information content (AvgIpc) is 2.94. The van der Waals surface area contributed by atoms with E-state index in [0.717, 1.165) is 41.5 Å². The monoisotopic (exact) mass is 277 g/mol. The molecule has 0 saturated carbocycles. The van der Waals surface area contributed by atoms with Crippen LogP contribution in [-0.4, -0.2) is 28.0 Å². The number of fused-ring (bicyclic) bond motifs is 1. The fourth-order valence-corrected chi connectivity index (χ4v) is 3.42. The van der Waals surface area contributed by atoms with Gasteiger partial charge in [0.25, 0.3) is 0 Å². The van der Waals surface area contributed by atoms with Crippen molar-refractivity contribution in [2.75, 3.05) is 18.5 Å². The molecule has 6 heteroatoms. The minimum atomic E-state index is 0.405. The van der Waals surface area contributed by atoms with Crippen LogP contribution >= 0.6 is 11.3 Å². The van der Waals surface area contributed by atoms with Crippen molar-refractivity contribution >= 4 is 27.4 Å². The summed E-state index contributed by atoms with van der Waals surface area (Å²) >= 11 is 1.62. The molecule has 3 heterocycles. The van der Waals surface area contributed by atoms with Gasteiger partial charge in [-0.15, -0.1) is 11.3 Å². The molecule has 0 unspecified atom stereocenters. The highest BCUT2D eigenvalue weighted by Gasteiger charge is 2.29. The van der Waals surface area contributed by atoms with Crippen LogP contribution in [0.5, 0.6) is 0 Å². The number of aromatic nitrogens is 2. The maximum Gasteiger partial charge on any atom is 0.152 e. The zero-order valence-electron chi connectivity index (χ0n) is 11.3. The minimum absolute atomic E-state index is 0.405. The number of nitrogen functional groups attached to an aromatic ring is 1. The Morgan fingerprint density at radius 3 is 3.00 bits per heavy atom. The Bertz CT molecular complexity index is 592. The Kier molecular flexibility index (Phi) is 3.16. The van der Waals surface area contributed by atoms with E-state index in [-0.39, 0.29) is 0 Å². The molecule has 1 saturated heterocycles. The van der Waals surface area contributed by atoms with Crippen LogP contribution in [-0.2, 0) is 6.54 Å². The SMILES string of the molecule is CC1(C)CCN(Cc2nc(NN)c3ccsc3n2)C1. The second kappa shape index (κ2) is 4.70. The number of hydrazine groups is 1. The van der Waals surface area contributed by atoms with Gasteiger partial charge in [0, 0.05) is 6.54 Å². The standard InChI is InChI=1S/C13H19N5S/c1-13(2)4-5-18(8-13)7-10-15-11(17-14)9-3-6-19-12(9)16-10/h3,6H,4-5,7-8,14H2,1-2H3,(H,15,16,17). The van der Waals surface area contributed by atoms with E-state index < -0.39 is 0 Å². The summed E-state index contributed by atoms with van der Waals surface area (Å²) in [6, 6.07) is 2.00. The third kappa shape index (κ3) is 2.56. The summed E-state index contributed by atoms with van der Waals surface area (Å²) in [6.07, 6.45) is 1.23. The highest BCUT2D eigenvalue weighted by molar-refractivity contribution is 7.16. The van der Waals surface area contributed by atoms with E-state index in [2.05, 4.69) is 34.1 Å². The number of hydrogen-bond donors (Lipinski definition) is 2. The topological polar surface area (TPSA) is 67.1 Å². The minimum Gasteiger partial charge on any atom is -0.308 e. The molecule has 5 nitrogen and oxygen atoms in total. The molecule has 102 valence electrons. The lowest BCUT2D eigenvalue weighted by atomic mass is 9.93. The van der Waals surface area contributed by atoms with E-state index >= 15 is 0 Å². The number of rotatable bonds is 3. The first-order chi connectivity index (χ1) is 9.07. The fourth-order valence-electron chi connectivity index (χ4n) is 2.64. The molecule has 0 aromatic carbocycles. The third-order valence-corrected chi connectivity index (χ3v) is 4.44. The van der Waals surface area contributed by atoms with Crippen LogP contribution in [0, 0.1) is 5.41 Å². The van der Waals surface area contributed by atoms with Gasteiger partial charge in [-0.25, -0.2) is 15.8 Å². The molecule has 0 aliphatic carbocycles. The van der Waals surface area contributed by atoms with Gasteiger partial charge in [0.2, 0.25) is 0 Å². The lowest BCUT2D eigenvalue weighted by Gasteiger charge is -2.19. The van der Waals surface area contributed by atoms with Gasteiger partial charge in [0.15, 0.2) is 5.82 Å². The lowest BCUT2D eigenvalue weighted by molar-refractivity contribution is 0.279. The molecule has 0 atom stereocenters. The van der Waals surface area contributed by atoms with Crippen LogP contribution in [0.15, 0.2) is 11.4 Å². The maximum atomic E-state index is 5.55. The molecular formula is C13H19N5S. The lowest BCUT2D eigenvalue weighted by Crippen LogP contribution is -2.24. The van der Waals surface area contributed by atoms with Crippen LogP contribution < -0.4 is 11.3 Å². The van der Waals surface area contributed by atoms with Gasteiger partial charge in [0.05, 0.1) is 11.9 Å². The van der Waals surface area contributed by atoms with Crippen molar-refractivity contribution in [1.82, 2.24) is 14.9 Å². The van der Waals surface area contributed by atoms with Gasteiger partial charge in [-0.2, -0.15) is 0 Å². The van der Waals surface area contributed by atoms with Gasteiger partial charge >= 0.3 is 0 Å². The number of anilines is 1. The van der Waals surface area contributed by atoms with E-state index in [1.54, 1.807) is 11.3 Å². The van der Waals surface area contributed by atoms with Crippen LogP contribution in [0.4, 0.5) is 5.82 Å². The summed E-state index contributed by atoms with van der Waals surface area (Å²) in [5.74, 6) is 7.12. The molecule has 1 aliphatic heterocycles. The van der Waals surface area contributed by atoms with Crippen molar-refractivity contribution in [3.8, 4) is 0 Å². The summed E-state index contributed by atoms with van der Waals surface area (Å²) in [5, 5.41) is 3.01. The van der Waals surface area contributed by atoms with Crippen LogP contribution in [0.2, 0.25) is 0 Å². The highest BCUT2D eigenvalue weighted by atomic mass is 32.1. The Labute approximate surface area is 116 Å². The Balaban J connectivity index is 1.85. The number of nitrogens with zero attached hydrogens (tertiary/aromatic N) is 3. The van der Waals surface area contributed by atoms with Crippen molar-refractivity contribution in [2.45, 2.75) is 26.8 Å². The van der Waals surface area contributed by atoms with E-state index in [9.17, 15) is 0 Å². The van der Waals surface area contributed by atoms with Crippen molar-refractivity contribution in [1.29, 1.82) is 0 Å². The number of thiophene rings is 1. The maximum absolute atomic E-state index is 5.55. The smallest absolute Gasteiger partial charge is 0.152 e. The quantitative estimate of drug-likeness (QED) is 0.665. The van der Waals surface area contributed by atoms with E-state index in [1.807, 2.05) is 11.4 Å². The van der Waals surface area contributed by atoms with Crippen molar-refractivity contribution in [3.63, 3.8) is 0 Å². The molecule has 0 amide bonds. The number of nitrogens with two attached hydrogens (primary N) is 1. The first kappa shape index (κ1) is 12.8. The molecule has 1 aliphatic rings. The molecule has 2 aromatic heterocycles. The predicted molar refractivity (Wildman–Crippen MR) is 78.9 cm³/mol. The number of likely N-dealkylation sites (tertiary alicyclic amines) is 1. The Hall–Kier alpha value is -1.24. The van der Waals surface area contributed by atoms with Crippen LogP contribution in [0.3, 0.4) is 0 Å². The largest absolute Gasteiger partial charge is 0.308 e. The second-order valence-electron chi connectivity index (χ2n) is 5.90. The Morgan fingerprint density at radius 1 is 1.47 bits per heavy atom. The first-order valence-electron chi connectivity index (χ1n) is 6.50. The van der Waals surface area contributed by atoms with Gasteiger partial charge in [-0.05, 0) is 29.8 Å². The normalized spacial score (nSPS) is 19.1. The summed E-state index contributed by atoms with van der Waals surface area (Å²) in [6.45, 7) is 7.63. The van der Waals surface area contributed by atoms with Crippen LogP contribution in [0.25, 0.3) is 10.2 Å². The zero-order valence-corrected chi connectivity index (χ0v) is 12.1. The van der Waals surface area contributed by atoms with Gasteiger partial charge in [0.1, 0.15) is 10.7 Å². The zero-order chi connectivity index (χ0) is 13.5. The molecule has 0 spiro atoms. The van der Waals surface area contributed by atoms with Crippen molar-refractivity contribution in [3.05, 3.63) is 17.3 Å². The Morgan fingerprint density at radius 2 is 2.32 bits per heavy atom. The summed E-state index contributed by atoms with van der Waals surface area (Å²) < 4.78 is 0. The molecule has 3 N–H and O–H groups in total. The molecule has 3 rings (SSSR count). The average molecular weight is 277 g/mol. The third-order valence-electron chi connectivity index (χ3n) is 3.63. The van der Waals surface area contributed by atoms with Crippen LogP contribution in [0.1, 0.15) is 26.1 Å². The van der Waals surface area contributed by atoms with E-state index in [0.29, 0.717) is 5.41 Å². The van der Waals surface area contributed by atoms with Gasteiger partial charge < -0.3 is 5.43 Å². The fraction of sp³-hybridized carbons (Fsp3) is 0.538. The highest BCUT2D eigenvalue weighted by Crippen LogP contribution is 2.30. The molecule has 1 fully saturated rings. The molecule has 0 bridgehead atoms. The number of hydrogen-bond acceptors (Lipinski definition) is 6. The van der Waals surface area contributed by atoms with Gasteiger partial charge in [-0.1, -0.05) is 13.8 Å². The molecular weight excluding hydrogens is 258 g/mol. The summed E-state index contributed by atoms with van der Waals surface area (Å²) in [4.78, 5) is 12.6. The predicted octanol–water partition coefficient (Wildman–Crippen LogP) is 2.21. The number of nitrogens with one attached hydrogen (secondary N) is 1. The summed E-state index contributed by atoms with van der Waals surface area (Å²) in [5.41, 5.74) is 3.08. The van der Waals surface area contributed by atoms with Crippen molar-refractivity contribution in [2.24, 2.45) is 11.3 Å². The first-order valence-corrected chi connectivity index (χ1v) is 7.38. The van der Waals surface area contributed by atoms with E-state index in [1.165, 1.54) is 6.42 Å².